The van der Waals surface area contributed by atoms with Gasteiger partial charge in [-0.25, -0.2) is 0 Å². The molecule has 5 nitrogen and oxygen atoms in total. The quantitative estimate of drug-likeness (QED) is 0.775. The highest BCUT2D eigenvalue weighted by Gasteiger charge is 2.14. The Kier molecular flexibility index (Phi) is 3.63. The number of esters is 1. The molecule has 1 atom stereocenters. The lowest BCUT2D eigenvalue weighted by Crippen LogP contribution is -2.15. The molecule has 0 N–H and O–H groups in total. The van der Waals surface area contributed by atoms with Gasteiger partial charge in [0.15, 0.2) is 0 Å². The third kappa shape index (κ3) is 2.58. The maximum Gasteiger partial charge on any atom is 0.309 e. The monoisotopic (exact) mass is 251 g/mol. The van der Waals surface area contributed by atoms with Crippen LogP contribution in [0.25, 0.3) is 11.0 Å². The van der Waals surface area contributed by atoms with Crippen LogP contribution in [-0.4, -0.2) is 33.2 Å². The van der Waals surface area contributed by atoms with Gasteiger partial charge >= 0.3 is 5.97 Å². The number of hydrogen-bond acceptors (Lipinski definition) is 5. The van der Waals surface area contributed by atoms with Crippen LogP contribution in [0.15, 0.2) is 24.3 Å². The van der Waals surface area contributed by atoms with Gasteiger partial charge in [-0.3, -0.25) is 4.79 Å². The molecule has 0 aliphatic carbocycles. The zero-order valence-corrected chi connectivity index (χ0v) is 10.5. The second-order valence-corrected chi connectivity index (χ2v) is 4.61. The molecule has 6 heteroatoms. The molecule has 0 saturated heterocycles. The Bertz CT molecular complexity index is 526. The van der Waals surface area contributed by atoms with Crippen molar-refractivity contribution < 1.29 is 9.53 Å². The third-order valence-corrected chi connectivity index (χ3v) is 3.54. The van der Waals surface area contributed by atoms with Crippen LogP contribution in [-0.2, 0) is 9.53 Å². The molecular formula is C11H13N3O2S. The summed E-state index contributed by atoms with van der Waals surface area (Å²) in [5, 5.41) is 8.07. The number of ether oxygens (including phenoxy) is 1. The molecule has 1 aromatic heterocycles. The number of carbonyl (C=O) groups excluding carboxylic acids is 1. The Morgan fingerprint density at radius 1 is 1.53 bits per heavy atom. The molecule has 2 rings (SSSR count). The van der Waals surface area contributed by atoms with E-state index in [4.69, 9.17) is 0 Å². The molecule has 17 heavy (non-hydrogen) atoms. The molecular weight excluding hydrogens is 238 g/mol. The fraction of sp³-hybridized carbons (Fsp3) is 0.364. The van der Waals surface area contributed by atoms with Crippen molar-refractivity contribution in [1.82, 2.24) is 14.4 Å². The van der Waals surface area contributed by atoms with Gasteiger partial charge in [-0.1, -0.05) is 24.3 Å². The standard InChI is InChI=1S/C11H13N3O2S/c1-8(11(15)16-2)7-17-14-10-6-4-3-5-9(10)12-13-14/h3-6,8H,7H2,1-2H3. The molecule has 0 bridgehead atoms. The van der Waals surface area contributed by atoms with Crippen LogP contribution in [0.5, 0.6) is 0 Å². The van der Waals surface area contributed by atoms with E-state index < -0.39 is 0 Å². The first-order chi connectivity index (χ1) is 8.22. The zero-order chi connectivity index (χ0) is 12.3. The van der Waals surface area contributed by atoms with Crippen molar-refractivity contribution in [2.45, 2.75) is 6.92 Å². The van der Waals surface area contributed by atoms with E-state index in [1.165, 1.54) is 19.1 Å². The average molecular weight is 251 g/mol. The summed E-state index contributed by atoms with van der Waals surface area (Å²) in [6.07, 6.45) is 0. The number of carbonyl (C=O) groups is 1. The van der Waals surface area contributed by atoms with Gasteiger partial charge in [-0.15, -0.1) is 5.10 Å². The fourth-order valence-electron chi connectivity index (χ4n) is 1.39. The highest BCUT2D eigenvalue weighted by Crippen LogP contribution is 2.18. The third-order valence-electron chi connectivity index (χ3n) is 2.37. The molecule has 1 aromatic carbocycles. The van der Waals surface area contributed by atoms with Crippen molar-refractivity contribution in [2.24, 2.45) is 5.92 Å². The number of aromatic nitrogens is 3. The zero-order valence-electron chi connectivity index (χ0n) is 9.66. The van der Waals surface area contributed by atoms with Gasteiger partial charge in [-0.05, 0) is 24.1 Å². The summed E-state index contributed by atoms with van der Waals surface area (Å²) in [5.41, 5.74) is 1.81. The first-order valence-corrected chi connectivity index (χ1v) is 6.18. The van der Waals surface area contributed by atoms with Crippen molar-refractivity contribution in [3.63, 3.8) is 0 Å². The molecule has 0 fully saturated rings. The summed E-state index contributed by atoms with van der Waals surface area (Å²) >= 11 is 1.45. The molecule has 1 unspecified atom stereocenters. The van der Waals surface area contributed by atoms with Crippen LogP contribution >= 0.6 is 11.9 Å². The second-order valence-electron chi connectivity index (χ2n) is 3.67. The maximum absolute atomic E-state index is 11.3. The molecule has 1 heterocycles. The molecule has 0 radical (unpaired) electrons. The number of hydrogen-bond donors (Lipinski definition) is 0. The topological polar surface area (TPSA) is 57.0 Å². The van der Waals surface area contributed by atoms with Crippen LogP contribution in [0.2, 0.25) is 0 Å². The molecule has 2 aromatic rings. The van der Waals surface area contributed by atoms with Crippen molar-refractivity contribution in [1.29, 1.82) is 0 Å². The maximum atomic E-state index is 11.3. The molecule has 0 spiro atoms. The van der Waals surface area contributed by atoms with E-state index in [-0.39, 0.29) is 11.9 Å². The predicted molar refractivity (Wildman–Crippen MR) is 66.6 cm³/mol. The van der Waals surface area contributed by atoms with E-state index in [2.05, 4.69) is 15.0 Å². The lowest BCUT2D eigenvalue weighted by atomic mass is 10.2. The van der Waals surface area contributed by atoms with Gasteiger partial charge in [0, 0.05) is 5.75 Å². The van der Waals surface area contributed by atoms with E-state index >= 15 is 0 Å². The number of nitrogens with zero attached hydrogens (tertiary/aromatic N) is 3. The lowest BCUT2D eigenvalue weighted by molar-refractivity contribution is -0.143. The normalized spacial score (nSPS) is 12.6. The lowest BCUT2D eigenvalue weighted by Gasteiger charge is -2.07. The van der Waals surface area contributed by atoms with Crippen LogP contribution < -0.4 is 0 Å². The summed E-state index contributed by atoms with van der Waals surface area (Å²) in [6.45, 7) is 1.83. The number of fused-ring (bicyclic) bond motifs is 1. The summed E-state index contributed by atoms with van der Waals surface area (Å²) in [6, 6.07) is 7.71. The largest absolute Gasteiger partial charge is 0.469 e. The van der Waals surface area contributed by atoms with Crippen LogP contribution in [0.4, 0.5) is 0 Å². The minimum atomic E-state index is -0.207. The van der Waals surface area contributed by atoms with Crippen molar-refractivity contribution >= 4 is 29.0 Å². The SMILES string of the molecule is COC(=O)C(C)CSn1nnc2ccccc21. The Morgan fingerprint density at radius 2 is 2.29 bits per heavy atom. The number of para-hydroxylation sites is 1. The molecule has 0 saturated carbocycles. The first kappa shape index (κ1) is 11.9. The highest BCUT2D eigenvalue weighted by molar-refractivity contribution is 7.97. The summed E-state index contributed by atoms with van der Waals surface area (Å²) < 4.78 is 6.40. The first-order valence-electron chi connectivity index (χ1n) is 5.24. The summed E-state index contributed by atoms with van der Waals surface area (Å²) in [5.74, 6) is 0.245. The smallest absolute Gasteiger partial charge is 0.309 e. The van der Waals surface area contributed by atoms with Gasteiger partial charge in [0.25, 0.3) is 0 Å². The number of methoxy groups -OCH3 is 1. The van der Waals surface area contributed by atoms with E-state index in [0.29, 0.717) is 5.75 Å². The Hall–Kier alpha value is -1.56. The van der Waals surface area contributed by atoms with E-state index in [0.717, 1.165) is 11.0 Å². The number of rotatable bonds is 4. The van der Waals surface area contributed by atoms with Crippen LogP contribution in [0, 0.1) is 5.92 Å². The van der Waals surface area contributed by atoms with Gasteiger partial charge in [0.1, 0.15) is 11.0 Å². The van der Waals surface area contributed by atoms with Crippen LogP contribution in [0.1, 0.15) is 6.92 Å². The Labute approximate surface area is 103 Å². The number of benzene rings is 1. The van der Waals surface area contributed by atoms with E-state index in [9.17, 15) is 4.79 Å². The van der Waals surface area contributed by atoms with Gasteiger partial charge in [0.2, 0.25) is 0 Å². The van der Waals surface area contributed by atoms with Crippen LogP contribution in [0.3, 0.4) is 0 Å². The van der Waals surface area contributed by atoms with Gasteiger partial charge in [-0.2, -0.15) is 4.09 Å². The van der Waals surface area contributed by atoms with Crippen molar-refractivity contribution in [3.8, 4) is 0 Å². The van der Waals surface area contributed by atoms with E-state index in [1.807, 2.05) is 31.2 Å². The molecule has 0 aliphatic heterocycles. The summed E-state index contributed by atoms with van der Waals surface area (Å²) in [7, 11) is 1.40. The van der Waals surface area contributed by atoms with E-state index in [1.54, 1.807) is 4.09 Å². The van der Waals surface area contributed by atoms with Gasteiger partial charge < -0.3 is 4.74 Å². The highest BCUT2D eigenvalue weighted by atomic mass is 32.2. The molecule has 0 amide bonds. The minimum absolute atomic E-state index is 0.159. The van der Waals surface area contributed by atoms with Crippen molar-refractivity contribution in [3.05, 3.63) is 24.3 Å². The predicted octanol–water partition coefficient (Wildman–Crippen LogP) is 1.74. The Balaban J connectivity index is 2.07. The second kappa shape index (κ2) is 5.18. The van der Waals surface area contributed by atoms with Crippen molar-refractivity contribution in [2.75, 3.05) is 12.9 Å². The Morgan fingerprint density at radius 3 is 3.06 bits per heavy atom. The molecule has 90 valence electrons. The minimum Gasteiger partial charge on any atom is -0.469 e. The average Bonchev–Trinajstić information content (AvgIpc) is 2.78. The fourth-order valence-corrected chi connectivity index (χ4v) is 2.28. The summed E-state index contributed by atoms with van der Waals surface area (Å²) in [4.78, 5) is 11.3. The van der Waals surface area contributed by atoms with Gasteiger partial charge in [0.05, 0.1) is 13.0 Å². The molecule has 0 aliphatic rings.